The minimum Gasteiger partial charge on any atom is -0.396 e. The lowest BCUT2D eigenvalue weighted by Gasteiger charge is -2.25. The summed E-state index contributed by atoms with van der Waals surface area (Å²) in [5, 5.41) is 4.48. The number of rotatable bonds is 3. The van der Waals surface area contributed by atoms with E-state index in [9.17, 15) is 0 Å². The molecule has 0 aliphatic carbocycles. The van der Waals surface area contributed by atoms with Crippen molar-refractivity contribution in [2.24, 2.45) is 0 Å². The van der Waals surface area contributed by atoms with Crippen LogP contribution in [0.15, 0.2) is 28.9 Å². The molecule has 4 nitrogen and oxygen atoms in total. The highest BCUT2D eigenvalue weighted by Crippen LogP contribution is 2.32. The fourth-order valence-corrected chi connectivity index (χ4v) is 2.99. The lowest BCUT2D eigenvalue weighted by atomic mass is 10.0. The molecular formula is C15H18BrN3O. The highest BCUT2D eigenvalue weighted by atomic mass is 79.9. The summed E-state index contributed by atoms with van der Waals surface area (Å²) in [6, 6.07) is 6.01. The molecule has 1 aromatic carbocycles. The quantitative estimate of drug-likeness (QED) is 0.900. The van der Waals surface area contributed by atoms with Crippen molar-refractivity contribution in [2.75, 3.05) is 24.2 Å². The average molecular weight is 336 g/mol. The number of nitrogens with two attached hydrogens (primary N) is 1. The fourth-order valence-electron chi connectivity index (χ4n) is 2.63. The Morgan fingerprint density at radius 3 is 3.10 bits per heavy atom. The molecule has 1 aromatic heterocycles. The van der Waals surface area contributed by atoms with E-state index in [4.69, 9.17) is 10.5 Å². The Labute approximate surface area is 126 Å². The first-order valence-electron chi connectivity index (χ1n) is 6.79. The second-order valence-electron chi connectivity index (χ2n) is 5.51. The molecule has 0 amide bonds. The zero-order valence-corrected chi connectivity index (χ0v) is 13.0. The molecule has 106 valence electrons. The number of pyridine rings is 1. The van der Waals surface area contributed by atoms with Gasteiger partial charge in [0.1, 0.15) is 0 Å². The van der Waals surface area contributed by atoms with Gasteiger partial charge < -0.3 is 15.8 Å². The number of nitrogen functional groups attached to an aromatic ring is 1. The molecule has 1 fully saturated rings. The van der Waals surface area contributed by atoms with Crippen LogP contribution in [0.25, 0.3) is 10.9 Å². The molecule has 2 aromatic rings. The van der Waals surface area contributed by atoms with Crippen LogP contribution < -0.4 is 11.1 Å². The zero-order valence-electron chi connectivity index (χ0n) is 11.4. The largest absolute Gasteiger partial charge is 0.396 e. The van der Waals surface area contributed by atoms with E-state index < -0.39 is 0 Å². The van der Waals surface area contributed by atoms with Gasteiger partial charge in [-0.2, -0.15) is 0 Å². The Bertz CT molecular complexity index is 633. The molecule has 5 heteroatoms. The molecule has 2 heterocycles. The second kappa shape index (κ2) is 5.22. The first kappa shape index (κ1) is 13.6. The lowest BCUT2D eigenvalue weighted by Crippen LogP contribution is -2.32. The molecule has 1 unspecified atom stereocenters. The number of ether oxygens (including phenoxy) is 1. The number of hydrogen-bond donors (Lipinski definition) is 2. The molecule has 1 atom stereocenters. The van der Waals surface area contributed by atoms with Crippen molar-refractivity contribution < 1.29 is 4.74 Å². The van der Waals surface area contributed by atoms with Crippen molar-refractivity contribution in [3.05, 3.63) is 28.9 Å². The number of nitrogens with zero attached hydrogens (tertiary/aromatic N) is 1. The Balaban J connectivity index is 1.93. The number of aromatic nitrogens is 1. The molecule has 0 spiro atoms. The summed E-state index contributed by atoms with van der Waals surface area (Å²) in [7, 11) is 0. The number of anilines is 2. The summed E-state index contributed by atoms with van der Waals surface area (Å²) in [6.07, 6.45) is 3.90. The monoisotopic (exact) mass is 335 g/mol. The van der Waals surface area contributed by atoms with Crippen molar-refractivity contribution in [1.29, 1.82) is 0 Å². The average Bonchev–Trinajstić information content (AvgIpc) is 2.85. The summed E-state index contributed by atoms with van der Waals surface area (Å²) >= 11 is 3.50. The van der Waals surface area contributed by atoms with E-state index in [1.165, 1.54) is 0 Å². The zero-order chi connectivity index (χ0) is 14.2. The number of nitrogens with one attached hydrogen (secondary N) is 1. The van der Waals surface area contributed by atoms with Crippen molar-refractivity contribution >= 4 is 38.2 Å². The normalized spacial score (nSPS) is 22.3. The van der Waals surface area contributed by atoms with Gasteiger partial charge in [0.05, 0.1) is 28.7 Å². The van der Waals surface area contributed by atoms with Crippen molar-refractivity contribution in [3.63, 3.8) is 0 Å². The van der Waals surface area contributed by atoms with E-state index in [1.54, 1.807) is 6.20 Å². The van der Waals surface area contributed by atoms with Crippen LogP contribution in [0.3, 0.4) is 0 Å². The van der Waals surface area contributed by atoms with Crippen molar-refractivity contribution in [1.82, 2.24) is 4.98 Å². The van der Waals surface area contributed by atoms with Crippen LogP contribution in [0.1, 0.15) is 19.8 Å². The molecule has 0 saturated carbocycles. The summed E-state index contributed by atoms with van der Waals surface area (Å²) < 4.78 is 6.83. The van der Waals surface area contributed by atoms with Crippen LogP contribution in [0.4, 0.5) is 11.4 Å². The van der Waals surface area contributed by atoms with Gasteiger partial charge in [-0.15, -0.1) is 0 Å². The van der Waals surface area contributed by atoms with Gasteiger partial charge in [0.2, 0.25) is 0 Å². The second-order valence-corrected chi connectivity index (χ2v) is 6.42. The van der Waals surface area contributed by atoms with Crippen LogP contribution in [-0.4, -0.2) is 23.7 Å². The fraction of sp³-hybridized carbons (Fsp3) is 0.400. The third-order valence-electron chi connectivity index (χ3n) is 3.80. The lowest BCUT2D eigenvalue weighted by molar-refractivity contribution is 0.0316. The van der Waals surface area contributed by atoms with E-state index in [0.29, 0.717) is 5.69 Å². The van der Waals surface area contributed by atoms with Gasteiger partial charge in [0.15, 0.2) is 0 Å². The van der Waals surface area contributed by atoms with Gasteiger partial charge in [-0.25, -0.2) is 0 Å². The van der Waals surface area contributed by atoms with Crippen LogP contribution in [-0.2, 0) is 4.74 Å². The molecule has 0 radical (unpaired) electrons. The van der Waals surface area contributed by atoms with Crippen LogP contribution in [0.5, 0.6) is 0 Å². The highest BCUT2D eigenvalue weighted by molar-refractivity contribution is 9.10. The summed E-state index contributed by atoms with van der Waals surface area (Å²) in [6.45, 7) is 3.74. The van der Waals surface area contributed by atoms with Gasteiger partial charge >= 0.3 is 0 Å². The first-order valence-corrected chi connectivity index (χ1v) is 7.58. The third kappa shape index (κ3) is 2.60. The van der Waals surface area contributed by atoms with Crippen molar-refractivity contribution in [2.45, 2.75) is 25.4 Å². The standard InChI is InChI=1S/C15H18BrN3O/c1-15(5-2-6-20-15)9-19-14-11-7-10(16)3-4-13(11)18-8-12(14)17/h3-4,7-8H,2,5-6,9,17H2,1H3,(H,18,19). The number of fused-ring (bicyclic) bond motifs is 1. The highest BCUT2D eigenvalue weighted by Gasteiger charge is 2.29. The van der Waals surface area contributed by atoms with Gasteiger partial charge in [0.25, 0.3) is 0 Å². The summed E-state index contributed by atoms with van der Waals surface area (Å²) in [4.78, 5) is 4.36. The smallest absolute Gasteiger partial charge is 0.0826 e. The van der Waals surface area contributed by atoms with Crippen molar-refractivity contribution in [3.8, 4) is 0 Å². The number of benzene rings is 1. The SMILES string of the molecule is CC1(CNc2c(N)cnc3ccc(Br)cc23)CCCO1. The van der Waals surface area contributed by atoms with Crippen LogP contribution in [0.2, 0.25) is 0 Å². The van der Waals surface area contributed by atoms with Crippen LogP contribution >= 0.6 is 15.9 Å². The maximum Gasteiger partial charge on any atom is 0.0826 e. The summed E-state index contributed by atoms with van der Waals surface area (Å²) in [5.41, 5.74) is 8.52. The Kier molecular flexibility index (Phi) is 3.56. The Morgan fingerprint density at radius 2 is 2.35 bits per heavy atom. The summed E-state index contributed by atoms with van der Waals surface area (Å²) in [5.74, 6) is 0. The molecule has 3 N–H and O–H groups in total. The van der Waals surface area contributed by atoms with Gasteiger partial charge in [-0.05, 0) is 38.0 Å². The predicted molar refractivity (Wildman–Crippen MR) is 85.9 cm³/mol. The first-order chi connectivity index (χ1) is 9.57. The van der Waals surface area contributed by atoms with E-state index >= 15 is 0 Å². The molecule has 3 rings (SSSR count). The topological polar surface area (TPSA) is 60.2 Å². The third-order valence-corrected chi connectivity index (χ3v) is 4.29. The van der Waals surface area contributed by atoms with E-state index in [1.807, 2.05) is 18.2 Å². The molecule has 1 aliphatic heterocycles. The van der Waals surface area contributed by atoms with E-state index in [-0.39, 0.29) is 5.60 Å². The van der Waals surface area contributed by atoms with Gasteiger partial charge in [0, 0.05) is 23.0 Å². The van der Waals surface area contributed by atoms with Gasteiger partial charge in [-0.3, -0.25) is 4.98 Å². The Hall–Kier alpha value is -1.33. The Morgan fingerprint density at radius 1 is 1.50 bits per heavy atom. The predicted octanol–water partition coefficient (Wildman–Crippen LogP) is 3.56. The molecule has 0 bridgehead atoms. The molecule has 1 saturated heterocycles. The maximum atomic E-state index is 6.08. The van der Waals surface area contributed by atoms with Gasteiger partial charge in [-0.1, -0.05) is 15.9 Å². The number of hydrogen-bond acceptors (Lipinski definition) is 4. The molecular weight excluding hydrogens is 318 g/mol. The minimum absolute atomic E-state index is 0.103. The molecule has 1 aliphatic rings. The van der Waals surface area contributed by atoms with E-state index in [2.05, 4.69) is 33.2 Å². The number of halogens is 1. The van der Waals surface area contributed by atoms with E-state index in [0.717, 1.165) is 47.1 Å². The minimum atomic E-state index is -0.103. The van der Waals surface area contributed by atoms with Crippen LogP contribution in [0, 0.1) is 0 Å². The molecule has 20 heavy (non-hydrogen) atoms. The maximum absolute atomic E-state index is 6.08.